The van der Waals surface area contributed by atoms with E-state index in [2.05, 4.69) is 4.72 Å². The summed E-state index contributed by atoms with van der Waals surface area (Å²) < 4.78 is 26.5. The van der Waals surface area contributed by atoms with E-state index in [1.54, 1.807) is 0 Å². The molecule has 0 aliphatic heterocycles. The zero-order valence-electron chi connectivity index (χ0n) is 10.8. The van der Waals surface area contributed by atoms with E-state index in [1.165, 1.54) is 18.2 Å². The Kier molecular flexibility index (Phi) is 6.06. The van der Waals surface area contributed by atoms with Gasteiger partial charge in [0.2, 0.25) is 10.0 Å². The fourth-order valence-electron chi connectivity index (χ4n) is 1.59. The second-order valence-corrected chi connectivity index (χ2v) is 6.68. The highest BCUT2D eigenvalue weighted by molar-refractivity contribution is 7.89. The zero-order valence-corrected chi connectivity index (χ0v) is 12.3. The number of nitrogen functional groups attached to an aromatic ring is 1. The second-order valence-electron chi connectivity index (χ2n) is 4.51. The molecule has 1 unspecified atom stereocenters. The highest BCUT2D eigenvalue weighted by Gasteiger charge is 2.16. The Morgan fingerprint density at radius 3 is 2.74 bits per heavy atom. The van der Waals surface area contributed by atoms with Gasteiger partial charge in [-0.1, -0.05) is 18.5 Å². The molecular weight excluding hydrogens is 288 g/mol. The summed E-state index contributed by atoms with van der Waals surface area (Å²) >= 11 is 5.73. The summed E-state index contributed by atoms with van der Waals surface area (Å²) in [6.45, 7) is 2.33. The van der Waals surface area contributed by atoms with Gasteiger partial charge in [-0.3, -0.25) is 0 Å². The minimum absolute atomic E-state index is 0.0344. The molecule has 0 saturated heterocycles. The average molecular weight is 307 g/mol. The van der Waals surface area contributed by atoms with Crippen molar-refractivity contribution >= 4 is 27.3 Å². The Balaban J connectivity index is 2.61. The van der Waals surface area contributed by atoms with Crippen LogP contribution in [0.1, 0.15) is 19.8 Å². The van der Waals surface area contributed by atoms with E-state index in [0.29, 0.717) is 18.0 Å². The number of hydrogen-bond acceptors (Lipinski definition) is 4. The standard InChI is InChI=1S/C12H19ClN2O3S/c1-9(8-16)3-2-6-15-19(17,18)12-5-4-10(13)7-11(12)14/h4-5,7,9,15-16H,2-3,6,8,14H2,1H3. The predicted octanol–water partition coefficient (Wildman–Crippen LogP) is 1.61. The molecule has 0 fully saturated rings. The molecule has 108 valence electrons. The largest absolute Gasteiger partial charge is 0.398 e. The van der Waals surface area contributed by atoms with Gasteiger partial charge in [0.05, 0.1) is 5.69 Å². The van der Waals surface area contributed by atoms with Crippen LogP contribution in [0, 0.1) is 5.92 Å². The number of aliphatic hydroxyl groups is 1. The van der Waals surface area contributed by atoms with Crippen LogP contribution >= 0.6 is 11.6 Å². The molecule has 4 N–H and O–H groups in total. The molecule has 0 aromatic heterocycles. The molecular formula is C12H19ClN2O3S. The highest BCUT2D eigenvalue weighted by atomic mass is 35.5. The van der Waals surface area contributed by atoms with Crippen LogP contribution in [-0.2, 0) is 10.0 Å². The third-order valence-electron chi connectivity index (χ3n) is 2.74. The number of sulfonamides is 1. The first-order chi connectivity index (χ1) is 8.86. The van der Waals surface area contributed by atoms with Gasteiger partial charge >= 0.3 is 0 Å². The Morgan fingerprint density at radius 2 is 2.16 bits per heavy atom. The fraction of sp³-hybridized carbons (Fsp3) is 0.500. The van der Waals surface area contributed by atoms with Gasteiger partial charge in [0, 0.05) is 18.2 Å². The minimum atomic E-state index is -3.61. The van der Waals surface area contributed by atoms with Crippen molar-refractivity contribution in [3.63, 3.8) is 0 Å². The lowest BCUT2D eigenvalue weighted by atomic mass is 10.1. The Morgan fingerprint density at radius 1 is 1.47 bits per heavy atom. The topological polar surface area (TPSA) is 92.4 Å². The van der Waals surface area contributed by atoms with Crippen molar-refractivity contribution in [3.05, 3.63) is 23.2 Å². The third kappa shape index (κ3) is 4.99. The van der Waals surface area contributed by atoms with Gasteiger partial charge in [0.15, 0.2) is 0 Å². The SMILES string of the molecule is CC(CO)CCCNS(=O)(=O)c1ccc(Cl)cc1N. The first kappa shape index (κ1) is 16.2. The zero-order chi connectivity index (χ0) is 14.5. The molecule has 1 atom stereocenters. The summed E-state index contributed by atoms with van der Waals surface area (Å²) in [5.41, 5.74) is 5.77. The van der Waals surface area contributed by atoms with Crippen molar-refractivity contribution in [3.8, 4) is 0 Å². The Hall–Kier alpha value is -0.820. The molecule has 19 heavy (non-hydrogen) atoms. The maximum absolute atomic E-state index is 12.0. The Labute approximate surface area is 118 Å². The van der Waals surface area contributed by atoms with E-state index >= 15 is 0 Å². The summed E-state index contributed by atoms with van der Waals surface area (Å²) in [6.07, 6.45) is 1.42. The maximum Gasteiger partial charge on any atom is 0.242 e. The van der Waals surface area contributed by atoms with E-state index < -0.39 is 10.0 Å². The summed E-state index contributed by atoms with van der Waals surface area (Å²) in [7, 11) is -3.61. The van der Waals surface area contributed by atoms with Crippen LogP contribution in [0.2, 0.25) is 5.02 Å². The van der Waals surface area contributed by atoms with Crippen molar-refractivity contribution in [1.29, 1.82) is 0 Å². The molecule has 1 rings (SSSR count). The number of nitrogens with one attached hydrogen (secondary N) is 1. The quantitative estimate of drug-likeness (QED) is 0.527. The summed E-state index contributed by atoms with van der Waals surface area (Å²) in [5, 5.41) is 9.26. The second kappa shape index (κ2) is 7.09. The van der Waals surface area contributed by atoms with Gasteiger partial charge in [-0.15, -0.1) is 0 Å². The smallest absolute Gasteiger partial charge is 0.242 e. The molecule has 1 aromatic carbocycles. The molecule has 0 spiro atoms. The lowest BCUT2D eigenvalue weighted by Gasteiger charge is -2.10. The van der Waals surface area contributed by atoms with E-state index in [-0.39, 0.29) is 23.1 Å². The van der Waals surface area contributed by atoms with Gasteiger partial charge in [0.1, 0.15) is 4.90 Å². The summed E-state index contributed by atoms with van der Waals surface area (Å²) in [4.78, 5) is 0.0344. The Bertz CT molecular complexity index is 520. The number of nitrogens with two attached hydrogens (primary N) is 1. The molecule has 0 amide bonds. The first-order valence-corrected chi connectivity index (χ1v) is 7.88. The molecule has 7 heteroatoms. The fourth-order valence-corrected chi connectivity index (χ4v) is 2.96. The van der Waals surface area contributed by atoms with Crippen LogP contribution in [0.5, 0.6) is 0 Å². The van der Waals surface area contributed by atoms with E-state index in [9.17, 15) is 8.42 Å². The third-order valence-corrected chi connectivity index (χ3v) is 4.51. The van der Waals surface area contributed by atoms with Crippen LogP contribution in [0.25, 0.3) is 0 Å². The van der Waals surface area contributed by atoms with E-state index in [0.717, 1.165) is 6.42 Å². The van der Waals surface area contributed by atoms with Crippen LogP contribution < -0.4 is 10.5 Å². The van der Waals surface area contributed by atoms with Crippen molar-refractivity contribution in [1.82, 2.24) is 4.72 Å². The molecule has 0 aliphatic rings. The number of anilines is 1. The molecule has 5 nitrogen and oxygen atoms in total. The normalized spacial score (nSPS) is 13.4. The van der Waals surface area contributed by atoms with Gasteiger partial charge in [-0.2, -0.15) is 0 Å². The summed E-state index contributed by atoms with van der Waals surface area (Å²) in [6, 6.07) is 4.28. The van der Waals surface area contributed by atoms with Crippen LogP contribution in [0.15, 0.2) is 23.1 Å². The number of hydrogen-bond donors (Lipinski definition) is 3. The summed E-state index contributed by atoms with van der Waals surface area (Å²) in [5.74, 6) is 0.171. The van der Waals surface area contributed by atoms with Crippen molar-refractivity contribution in [2.24, 2.45) is 5.92 Å². The first-order valence-electron chi connectivity index (χ1n) is 6.02. The molecule has 0 bridgehead atoms. The van der Waals surface area contributed by atoms with Crippen LogP contribution in [-0.4, -0.2) is 26.7 Å². The highest BCUT2D eigenvalue weighted by Crippen LogP contribution is 2.22. The van der Waals surface area contributed by atoms with Gasteiger partial charge in [0.25, 0.3) is 0 Å². The minimum Gasteiger partial charge on any atom is -0.398 e. The number of benzene rings is 1. The monoisotopic (exact) mass is 306 g/mol. The van der Waals surface area contributed by atoms with Gasteiger partial charge in [-0.25, -0.2) is 13.1 Å². The van der Waals surface area contributed by atoms with Crippen molar-refractivity contribution in [2.75, 3.05) is 18.9 Å². The lowest BCUT2D eigenvalue weighted by molar-refractivity contribution is 0.228. The molecule has 1 aromatic rings. The van der Waals surface area contributed by atoms with Gasteiger partial charge < -0.3 is 10.8 Å². The molecule has 0 saturated carbocycles. The van der Waals surface area contributed by atoms with E-state index in [1.807, 2.05) is 6.92 Å². The van der Waals surface area contributed by atoms with E-state index in [4.69, 9.17) is 22.4 Å². The molecule has 0 radical (unpaired) electrons. The lowest BCUT2D eigenvalue weighted by Crippen LogP contribution is -2.26. The van der Waals surface area contributed by atoms with Crippen LogP contribution in [0.4, 0.5) is 5.69 Å². The number of rotatable bonds is 7. The molecule has 0 aliphatic carbocycles. The maximum atomic E-state index is 12.0. The average Bonchev–Trinajstić information content (AvgIpc) is 2.33. The van der Waals surface area contributed by atoms with Crippen molar-refractivity contribution < 1.29 is 13.5 Å². The number of aliphatic hydroxyl groups excluding tert-OH is 1. The van der Waals surface area contributed by atoms with Crippen molar-refractivity contribution in [2.45, 2.75) is 24.7 Å². The predicted molar refractivity (Wildman–Crippen MR) is 76.5 cm³/mol. The van der Waals surface area contributed by atoms with Gasteiger partial charge in [-0.05, 0) is 37.0 Å². The van der Waals surface area contributed by atoms with Crippen LogP contribution in [0.3, 0.4) is 0 Å². The number of halogens is 1. The molecule has 0 heterocycles.